The van der Waals surface area contributed by atoms with E-state index in [1.54, 1.807) is 6.33 Å². The van der Waals surface area contributed by atoms with Crippen LogP contribution in [0, 0.1) is 6.92 Å². The van der Waals surface area contributed by atoms with Crippen LogP contribution >= 0.6 is 0 Å². The molecule has 0 aliphatic carbocycles. The third-order valence-corrected chi connectivity index (χ3v) is 4.20. The van der Waals surface area contributed by atoms with Crippen LogP contribution in [0.5, 0.6) is 0 Å². The van der Waals surface area contributed by atoms with Crippen molar-refractivity contribution in [2.24, 2.45) is 0 Å². The maximum atomic E-state index is 6.33. The molecule has 0 aliphatic rings. The molecule has 0 spiro atoms. The van der Waals surface area contributed by atoms with E-state index in [0.717, 1.165) is 47.5 Å². The van der Waals surface area contributed by atoms with Crippen LogP contribution < -0.4 is 16.0 Å². The Labute approximate surface area is 148 Å². The molecule has 130 valence electrons. The van der Waals surface area contributed by atoms with Crippen molar-refractivity contribution in [1.29, 1.82) is 0 Å². The highest BCUT2D eigenvalue weighted by Crippen LogP contribution is 2.30. The van der Waals surface area contributed by atoms with E-state index in [4.69, 9.17) is 5.73 Å². The van der Waals surface area contributed by atoms with Crippen molar-refractivity contribution >= 4 is 33.9 Å². The molecular formula is C19H24N6. The molecule has 2 heterocycles. The van der Waals surface area contributed by atoms with Gasteiger partial charge in [-0.1, -0.05) is 19.4 Å². The summed E-state index contributed by atoms with van der Waals surface area (Å²) in [5.41, 5.74) is 9.74. The van der Waals surface area contributed by atoms with Crippen LogP contribution in [0.4, 0.5) is 23.0 Å². The van der Waals surface area contributed by atoms with Crippen LogP contribution in [-0.4, -0.2) is 28.5 Å². The summed E-state index contributed by atoms with van der Waals surface area (Å²) >= 11 is 0. The lowest BCUT2D eigenvalue weighted by molar-refractivity contribution is 0.759. The van der Waals surface area contributed by atoms with Gasteiger partial charge in [-0.05, 0) is 37.6 Å². The van der Waals surface area contributed by atoms with Crippen molar-refractivity contribution in [1.82, 2.24) is 15.0 Å². The molecule has 25 heavy (non-hydrogen) atoms. The minimum absolute atomic E-state index is 0.554. The predicted molar refractivity (Wildman–Crippen MR) is 104 cm³/mol. The van der Waals surface area contributed by atoms with Gasteiger partial charge in [-0.3, -0.25) is 4.98 Å². The summed E-state index contributed by atoms with van der Waals surface area (Å²) in [5, 5.41) is 4.38. The smallest absolute Gasteiger partial charge is 0.159 e. The summed E-state index contributed by atoms with van der Waals surface area (Å²) in [7, 11) is 2.00. The molecule has 6 nitrogen and oxygen atoms in total. The minimum Gasteiger partial charge on any atom is -0.393 e. The number of anilines is 4. The molecule has 0 saturated heterocycles. The molecule has 0 atom stereocenters. The largest absolute Gasteiger partial charge is 0.393 e. The summed E-state index contributed by atoms with van der Waals surface area (Å²) in [4.78, 5) is 15.3. The monoisotopic (exact) mass is 336 g/mol. The van der Waals surface area contributed by atoms with E-state index in [1.165, 1.54) is 0 Å². The van der Waals surface area contributed by atoms with Gasteiger partial charge in [0.1, 0.15) is 12.0 Å². The first kappa shape index (κ1) is 17.0. The number of fused-ring (bicyclic) bond motifs is 1. The Morgan fingerprint density at radius 2 is 2.00 bits per heavy atom. The van der Waals surface area contributed by atoms with E-state index < -0.39 is 0 Å². The molecule has 3 N–H and O–H groups in total. The number of rotatable bonds is 6. The highest BCUT2D eigenvalue weighted by Gasteiger charge is 2.13. The number of nitrogens with one attached hydrogen (secondary N) is 1. The lowest BCUT2D eigenvalue weighted by Gasteiger charge is -2.21. The Morgan fingerprint density at radius 3 is 2.80 bits per heavy atom. The van der Waals surface area contributed by atoms with Crippen molar-refractivity contribution in [3.05, 3.63) is 42.4 Å². The van der Waals surface area contributed by atoms with Crippen molar-refractivity contribution < 1.29 is 0 Å². The molecule has 1 aromatic carbocycles. The van der Waals surface area contributed by atoms with Gasteiger partial charge in [0.15, 0.2) is 11.6 Å². The number of aryl methyl sites for hydroxylation is 1. The third kappa shape index (κ3) is 3.63. The first-order valence-electron chi connectivity index (χ1n) is 8.55. The molecule has 0 saturated carbocycles. The molecule has 3 aromatic rings. The number of aromatic nitrogens is 3. The molecule has 0 radical (unpaired) electrons. The zero-order chi connectivity index (χ0) is 17.8. The van der Waals surface area contributed by atoms with E-state index in [0.29, 0.717) is 11.5 Å². The van der Waals surface area contributed by atoms with Crippen molar-refractivity contribution in [3.63, 3.8) is 0 Å². The maximum absolute atomic E-state index is 6.33. The van der Waals surface area contributed by atoms with E-state index in [9.17, 15) is 0 Å². The second kappa shape index (κ2) is 7.34. The van der Waals surface area contributed by atoms with Crippen LogP contribution in [0.2, 0.25) is 0 Å². The van der Waals surface area contributed by atoms with E-state index in [-0.39, 0.29) is 0 Å². The Balaban J connectivity index is 1.94. The zero-order valence-electron chi connectivity index (χ0n) is 15.0. The van der Waals surface area contributed by atoms with Gasteiger partial charge in [0, 0.05) is 30.4 Å². The van der Waals surface area contributed by atoms with Gasteiger partial charge in [0.05, 0.1) is 5.52 Å². The van der Waals surface area contributed by atoms with Crippen LogP contribution in [0.3, 0.4) is 0 Å². The highest BCUT2D eigenvalue weighted by atomic mass is 15.2. The number of nitrogens with zero attached hydrogens (tertiary/aromatic N) is 4. The minimum atomic E-state index is 0.554. The molecule has 0 bridgehead atoms. The maximum Gasteiger partial charge on any atom is 0.159 e. The summed E-state index contributed by atoms with van der Waals surface area (Å²) in [6, 6.07) is 10.0. The molecule has 0 unspecified atom stereocenters. The van der Waals surface area contributed by atoms with Gasteiger partial charge in [-0.15, -0.1) is 0 Å². The van der Waals surface area contributed by atoms with Crippen LogP contribution in [0.25, 0.3) is 10.9 Å². The first-order valence-corrected chi connectivity index (χ1v) is 8.55. The number of pyridine rings is 1. The predicted octanol–water partition coefficient (Wildman–Crippen LogP) is 3.90. The summed E-state index contributed by atoms with van der Waals surface area (Å²) in [6.07, 6.45) is 3.77. The van der Waals surface area contributed by atoms with Crippen LogP contribution in [0.1, 0.15) is 25.5 Å². The number of nitrogen functional groups attached to an aromatic ring is 1. The Hall–Kier alpha value is -2.89. The fourth-order valence-electron chi connectivity index (χ4n) is 2.78. The summed E-state index contributed by atoms with van der Waals surface area (Å²) in [5.74, 6) is 1.36. The Morgan fingerprint density at radius 1 is 1.16 bits per heavy atom. The first-order chi connectivity index (χ1) is 12.1. The van der Waals surface area contributed by atoms with Crippen molar-refractivity contribution in [3.8, 4) is 0 Å². The van der Waals surface area contributed by atoms with E-state index in [1.807, 2.05) is 38.2 Å². The number of hydrogen-bond donors (Lipinski definition) is 2. The molecule has 0 fully saturated rings. The topological polar surface area (TPSA) is 80.0 Å². The highest BCUT2D eigenvalue weighted by molar-refractivity contribution is 5.94. The fourth-order valence-corrected chi connectivity index (χ4v) is 2.78. The molecule has 0 amide bonds. The molecular weight excluding hydrogens is 312 g/mol. The second-order valence-corrected chi connectivity index (χ2v) is 6.18. The van der Waals surface area contributed by atoms with Crippen LogP contribution in [-0.2, 0) is 0 Å². The standard InChI is InChI=1S/C19H24N6/c1-4-5-11-25(3)19-17(20)18(21-12-22-19)24-16-8-6-7-15-14(16)10-9-13(2)23-15/h6-10,12H,4-5,11,20H2,1-3H3,(H,21,22,24). The summed E-state index contributed by atoms with van der Waals surface area (Å²) in [6.45, 7) is 5.06. The SMILES string of the molecule is CCCCN(C)c1ncnc(Nc2cccc3nc(C)ccc23)c1N. The lowest BCUT2D eigenvalue weighted by Crippen LogP contribution is -2.21. The molecule has 2 aromatic heterocycles. The van der Waals surface area contributed by atoms with Gasteiger partial charge in [0.25, 0.3) is 0 Å². The number of benzene rings is 1. The Bertz CT molecular complexity index is 877. The fraction of sp³-hybridized carbons (Fsp3) is 0.316. The molecule has 3 rings (SSSR count). The second-order valence-electron chi connectivity index (χ2n) is 6.18. The number of nitrogens with two attached hydrogens (primary N) is 1. The van der Waals surface area contributed by atoms with Crippen molar-refractivity contribution in [2.75, 3.05) is 29.5 Å². The summed E-state index contributed by atoms with van der Waals surface area (Å²) < 4.78 is 0. The Kier molecular flexibility index (Phi) is 4.97. The van der Waals surface area contributed by atoms with E-state index in [2.05, 4.69) is 38.2 Å². The van der Waals surface area contributed by atoms with Gasteiger partial charge < -0.3 is 16.0 Å². The van der Waals surface area contributed by atoms with Gasteiger partial charge in [-0.2, -0.15) is 0 Å². The third-order valence-electron chi connectivity index (χ3n) is 4.20. The quantitative estimate of drug-likeness (QED) is 0.711. The van der Waals surface area contributed by atoms with Gasteiger partial charge in [-0.25, -0.2) is 9.97 Å². The van der Waals surface area contributed by atoms with Crippen LogP contribution in [0.15, 0.2) is 36.7 Å². The number of hydrogen-bond acceptors (Lipinski definition) is 6. The normalized spacial score (nSPS) is 10.8. The van der Waals surface area contributed by atoms with Gasteiger partial charge >= 0.3 is 0 Å². The molecule has 0 aliphatic heterocycles. The average Bonchev–Trinajstić information content (AvgIpc) is 2.61. The van der Waals surface area contributed by atoms with Crippen molar-refractivity contribution in [2.45, 2.75) is 26.7 Å². The average molecular weight is 336 g/mol. The number of unbranched alkanes of at least 4 members (excludes halogenated alkanes) is 1. The zero-order valence-corrected chi connectivity index (χ0v) is 15.0. The lowest BCUT2D eigenvalue weighted by atomic mass is 10.1. The molecule has 6 heteroatoms. The van der Waals surface area contributed by atoms with Gasteiger partial charge in [0.2, 0.25) is 0 Å². The van der Waals surface area contributed by atoms with E-state index >= 15 is 0 Å².